The summed E-state index contributed by atoms with van der Waals surface area (Å²) < 4.78 is 0. The maximum atomic E-state index is 11.2. The van der Waals surface area contributed by atoms with Gasteiger partial charge in [0.05, 0.1) is 5.60 Å². The molecule has 1 aromatic carbocycles. The van der Waals surface area contributed by atoms with Crippen molar-refractivity contribution < 1.29 is 5.11 Å². The molecule has 1 saturated carbocycles. The van der Waals surface area contributed by atoms with Crippen LogP contribution in [0, 0.1) is 12.8 Å². The first kappa shape index (κ1) is 20.8. The van der Waals surface area contributed by atoms with E-state index in [1.54, 1.807) is 0 Å². The molecule has 0 bridgehead atoms. The average Bonchev–Trinajstić information content (AvgIpc) is 2.58. The van der Waals surface area contributed by atoms with Gasteiger partial charge in [0.2, 0.25) is 0 Å². The van der Waals surface area contributed by atoms with Gasteiger partial charge in [0, 0.05) is 10.6 Å². The lowest BCUT2D eigenvalue weighted by atomic mass is 9.82. The largest absolute Gasteiger partial charge is 0.390 e. The van der Waals surface area contributed by atoms with E-state index in [0.29, 0.717) is 5.92 Å². The Kier molecular flexibility index (Phi) is 9.41. The summed E-state index contributed by atoms with van der Waals surface area (Å²) in [5, 5.41) is 11.2. The van der Waals surface area contributed by atoms with Crippen molar-refractivity contribution in [1.82, 2.24) is 0 Å². The van der Waals surface area contributed by atoms with Gasteiger partial charge in [0.25, 0.3) is 0 Å². The van der Waals surface area contributed by atoms with Crippen LogP contribution in [0.25, 0.3) is 0 Å². The molecule has 2 heteroatoms. The van der Waals surface area contributed by atoms with E-state index in [2.05, 4.69) is 38.1 Å². The van der Waals surface area contributed by atoms with Crippen LogP contribution in [0.15, 0.2) is 29.2 Å². The lowest BCUT2D eigenvalue weighted by Gasteiger charge is -2.31. The third-order valence-corrected chi connectivity index (χ3v) is 6.91. The van der Waals surface area contributed by atoms with Gasteiger partial charge in [-0.05, 0) is 44.2 Å². The van der Waals surface area contributed by atoms with Crippen LogP contribution in [0.3, 0.4) is 0 Å². The molecule has 1 unspecified atom stereocenters. The van der Waals surface area contributed by atoms with E-state index < -0.39 is 5.60 Å². The SMILES string of the molecule is Cc1ccc(SCC(C)CC2(O)CCCCCCCCCCC2)cc1. The van der Waals surface area contributed by atoms with Crippen LogP contribution in [0.5, 0.6) is 0 Å². The lowest BCUT2D eigenvalue weighted by Crippen LogP contribution is -2.31. The first-order chi connectivity index (χ1) is 12.1. The zero-order chi connectivity index (χ0) is 18.0. The van der Waals surface area contributed by atoms with Crippen molar-refractivity contribution in [3.05, 3.63) is 29.8 Å². The first-order valence-electron chi connectivity index (χ1n) is 10.5. The van der Waals surface area contributed by atoms with E-state index in [1.807, 2.05) is 11.8 Å². The Balaban J connectivity index is 1.81. The zero-order valence-corrected chi connectivity index (χ0v) is 17.3. The summed E-state index contributed by atoms with van der Waals surface area (Å²) in [6.45, 7) is 4.45. The second kappa shape index (κ2) is 11.3. The molecule has 1 fully saturated rings. The molecule has 0 aliphatic heterocycles. The molecule has 142 valence electrons. The van der Waals surface area contributed by atoms with Gasteiger partial charge in [0.1, 0.15) is 0 Å². The Morgan fingerprint density at radius 3 is 1.88 bits per heavy atom. The van der Waals surface area contributed by atoms with E-state index in [9.17, 15) is 5.11 Å². The molecule has 0 spiro atoms. The monoisotopic (exact) mass is 362 g/mol. The third kappa shape index (κ3) is 8.64. The fourth-order valence-corrected chi connectivity index (χ4v) is 4.98. The maximum Gasteiger partial charge on any atom is 0.0650 e. The second-order valence-corrected chi connectivity index (χ2v) is 9.43. The summed E-state index contributed by atoms with van der Waals surface area (Å²) in [7, 11) is 0. The lowest BCUT2D eigenvalue weighted by molar-refractivity contribution is -0.00109. The minimum absolute atomic E-state index is 0.424. The Bertz CT molecular complexity index is 455. The third-order valence-electron chi connectivity index (χ3n) is 5.57. The van der Waals surface area contributed by atoms with Gasteiger partial charge in [-0.3, -0.25) is 0 Å². The van der Waals surface area contributed by atoms with Gasteiger partial charge in [0.15, 0.2) is 0 Å². The number of benzene rings is 1. The summed E-state index contributed by atoms with van der Waals surface area (Å²) >= 11 is 1.94. The van der Waals surface area contributed by atoms with E-state index >= 15 is 0 Å². The second-order valence-electron chi connectivity index (χ2n) is 8.34. The molecular formula is C23H38OS. The Morgan fingerprint density at radius 2 is 1.36 bits per heavy atom. The van der Waals surface area contributed by atoms with E-state index in [0.717, 1.165) is 25.0 Å². The van der Waals surface area contributed by atoms with Gasteiger partial charge in [-0.15, -0.1) is 11.8 Å². The summed E-state index contributed by atoms with van der Waals surface area (Å²) in [6, 6.07) is 8.82. The molecule has 0 amide bonds. The van der Waals surface area contributed by atoms with Crippen LogP contribution < -0.4 is 0 Å². The number of rotatable bonds is 5. The average molecular weight is 363 g/mol. The molecule has 1 aromatic rings. The number of thioether (sulfide) groups is 1. The molecule has 0 saturated heterocycles. The molecule has 1 atom stereocenters. The predicted molar refractivity (Wildman–Crippen MR) is 111 cm³/mol. The number of hydrogen-bond donors (Lipinski definition) is 1. The predicted octanol–water partition coefficient (Wildman–Crippen LogP) is 7.15. The van der Waals surface area contributed by atoms with Crippen molar-refractivity contribution in [3.8, 4) is 0 Å². The van der Waals surface area contributed by atoms with Crippen molar-refractivity contribution in [1.29, 1.82) is 0 Å². The van der Waals surface area contributed by atoms with Crippen LogP contribution in [-0.4, -0.2) is 16.5 Å². The summed E-state index contributed by atoms with van der Waals surface area (Å²) in [4.78, 5) is 1.35. The van der Waals surface area contributed by atoms with Gasteiger partial charge >= 0.3 is 0 Å². The Morgan fingerprint density at radius 1 is 0.880 bits per heavy atom. The summed E-state index contributed by atoms with van der Waals surface area (Å²) in [5.41, 5.74) is 0.895. The van der Waals surface area contributed by atoms with Crippen molar-refractivity contribution in [2.75, 3.05) is 5.75 Å². The summed E-state index contributed by atoms with van der Waals surface area (Å²) in [5.74, 6) is 1.66. The Labute approximate surface area is 160 Å². The molecule has 25 heavy (non-hydrogen) atoms. The van der Waals surface area contributed by atoms with Gasteiger partial charge < -0.3 is 5.11 Å². The molecule has 1 aliphatic carbocycles. The van der Waals surface area contributed by atoms with E-state index in [1.165, 1.54) is 68.2 Å². The minimum atomic E-state index is -0.424. The number of aryl methyl sites for hydroxylation is 1. The molecule has 0 aromatic heterocycles. The quantitative estimate of drug-likeness (QED) is 0.561. The highest BCUT2D eigenvalue weighted by atomic mass is 32.2. The van der Waals surface area contributed by atoms with Crippen LogP contribution >= 0.6 is 11.8 Å². The highest BCUT2D eigenvalue weighted by molar-refractivity contribution is 7.99. The fraction of sp³-hybridized carbons (Fsp3) is 0.739. The van der Waals surface area contributed by atoms with E-state index in [4.69, 9.17) is 0 Å². The van der Waals surface area contributed by atoms with Crippen LogP contribution in [-0.2, 0) is 0 Å². The van der Waals surface area contributed by atoms with Crippen molar-refractivity contribution in [3.63, 3.8) is 0 Å². The normalized spacial score (nSPS) is 21.1. The van der Waals surface area contributed by atoms with Crippen LogP contribution in [0.2, 0.25) is 0 Å². The molecule has 1 nitrogen and oxygen atoms in total. The molecule has 0 radical (unpaired) electrons. The molecule has 1 aliphatic rings. The highest BCUT2D eigenvalue weighted by Crippen LogP contribution is 2.32. The van der Waals surface area contributed by atoms with E-state index in [-0.39, 0.29) is 0 Å². The fourth-order valence-electron chi connectivity index (χ4n) is 4.06. The van der Waals surface area contributed by atoms with Gasteiger partial charge in [-0.1, -0.05) is 82.4 Å². The molecule has 0 heterocycles. The standard InChI is InChI=1S/C23H38OS/c1-20-12-14-22(15-13-20)25-19-21(2)18-23(24)16-10-8-6-4-3-5-7-9-11-17-23/h12-15,21,24H,3-11,16-19H2,1-2H3. The number of aliphatic hydroxyl groups is 1. The Hall–Kier alpha value is -0.470. The first-order valence-corrected chi connectivity index (χ1v) is 11.5. The topological polar surface area (TPSA) is 20.2 Å². The zero-order valence-electron chi connectivity index (χ0n) is 16.4. The smallest absolute Gasteiger partial charge is 0.0650 e. The van der Waals surface area contributed by atoms with Crippen molar-refractivity contribution >= 4 is 11.8 Å². The van der Waals surface area contributed by atoms with Crippen LogP contribution in [0.1, 0.15) is 89.5 Å². The maximum absolute atomic E-state index is 11.2. The van der Waals surface area contributed by atoms with Crippen molar-refractivity contribution in [2.24, 2.45) is 5.92 Å². The van der Waals surface area contributed by atoms with Gasteiger partial charge in [-0.2, -0.15) is 0 Å². The molecule has 1 N–H and O–H groups in total. The van der Waals surface area contributed by atoms with Gasteiger partial charge in [-0.25, -0.2) is 0 Å². The highest BCUT2D eigenvalue weighted by Gasteiger charge is 2.28. The number of hydrogen-bond acceptors (Lipinski definition) is 2. The molecular weight excluding hydrogens is 324 g/mol. The van der Waals surface area contributed by atoms with Crippen molar-refractivity contribution in [2.45, 2.75) is 101 Å². The summed E-state index contributed by atoms with van der Waals surface area (Å²) in [6.07, 6.45) is 14.9. The van der Waals surface area contributed by atoms with Crippen LogP contribution in [0.4, 0.5) is 0 Å². The molecule has 2 rings (SSSR count). The minimum Gasteiger partial charge on any atom is -0.390 e.